The summed E-state index contributed by atoms with van der Waals surface area (Å²) >= 11 is 3.20. The molecule has 0 unspecified atom stereocenters. The molecule has 1 aliphatic heterocycles. The Morgan fingerprint density at radius 3 is 2.22 bits per heavy atom. The monoisotopic (exact) mass is 314 g/mol. The van der Waals surface area contributed by atoms with E-state index in [9.17, 15) is 9.59 Å². The van der Waals surface area contributed by atoms with Crippen LogP contribution in [0.5, 0.6) is 0 Å². The Labute approximate surface area is 112 Å². The fourth-order valence-corrected chi connectivity index (χ4v) is 1.78. The molecule has 0 aliphatic carbocycles. The van der Waals surface area contributed by atoms with Crippen molar-refractivity contribution in [2.45, 2.75) is 26.6 Å². The van der Waals surface area contributed by atoms with E-state index < -0.39 is 17.7 Å². The quantitative estimate of drug-likeness (QED) is 0.453. The molecule has 0 bridgehead atoms. The van der Waals surface area contributed by atoms with Crippen LogP contribution >= 0.6 is 15.9 Å². The second-order valence-electron chi connectivity index (χ2n) is 4.34. The largest absolute Gasteiger partial charge is 0.450 e. The van der Waals surface area contributed by atoms with Crippen molar-refractivity contribution in [2.24, 2.45) is 0 Å². The summed E-state index contributed by atoms with van der Waals surface area (Å²) in [5, 5.41) is 0. The Bertz CT molecular complexity index is 511. The van der Waals surface area contributed by atoms with Crippen LogP contribution in [0.15, 0.2) is 20.7 Å². The first kappa shape index (κ1) is 12.9. The van der Waals surface area contributed by atoms with E-state index in [-0.39, 0.29) is 5.57 Å². The number of ether oxygens (including phenoxy) is 2. The van der Waals surface area contributed by atoms with Gasteiger partial charge in [0.15, 0.2) is 4.67 Å². The molecule has 0 saturated carbocycles. The number of esters is 2. The fourth-order valence-electron chi connectivity index (χ4n) is 1.48. The first-order valence-electron chi connectivity index (χ1n) is 5.23. The molecule has 0 atom stereocenters. The highest BCUT2D eigenvalue weighted by Crippen LogP contribution is 2.26. The SMILES string of the molecule is Cc1cc(C=C2C(=O)OC(C)(C)OC2=O)oc1Br. The second kappa shape index (κ2) is 4.28. The van der Waals surface area contributed by atoms with Gasteiger partial charge in [-0.15, -0.1) is 0 Å². The van der Waals surface area contributed by atoms with Gasteiger partial charge in [0, 0.05) is 25.5 Å². The van der Waals surface area contributed by atoms with E-state index in [1.807, 2.05) is 6.92 Å². The number of carbonyl (C=O) groups is 2. The van der Waals surface area contributed by atoms with E-state index in [0.717, 1.165) is 5.56 Å². The molecule has 1 saturated heterocycles. The van der Waals surface area contributed by atoms with Crippen LogP contribution in [0.2, 0.25) is 0 Å². The van der Waals surface area contributed by atoms with Crippen LogP contribution in [0, 0.1) is 6.92 Å². The molecular weight excluding hydrogens is 304 g/mol. The standard InChI is InChI=1S/C12H11BrO5/c1-6-4-7(16-9(6)13)5-8-10(14)17-12(2,3)18-11(8)15/h4-5H,1-3H3. The van der Waals surface area contributed by atoms with Gasteiger partial charge in [0.2, 0.25) is 0 Å². The summed E-state index contributed by atoms with van der Waals surface area (Å²) in [5.74, 6) is -2.30. The Morgan fingerprint density at radius 1 is 1.22 bits per heavy atom. The molecule has 2 heterocycles. The van der Waals surface area contributed by atoms with Gasteiger partial charge in [-0.25, -0.2) is 9.59 Å². The summed E-state index contributed by atoms with van der Waals surface area (Å²) in [7, 11) is 0. The van der Waals surface area contributed by atoms with Crippen molar-refractivity contribution in [1.82, 2.24) is 0 Å². The second-order valence-corrected chi connectivity index (χ2v) is 5.06. The van der Waals surface area contributed by atoms with Crippen molar-refractivity contribution in [3.63, 3.8) is 0 Å². The summed E-state index contributed by atoms with van der Waals surface area (Å²) in [4.78, 5) is 23.3. The number of halogens is 1. The van der Waals surface area contributed by atoms with Gasteiger partial charge in [0.05, 0.1) is 0 Å². The molecule has 1 aromatic rings. The zero-order valence-corrected chi connectivity index (χ0v) is 11.7. The smallest absolute Gasteiger partial charge is 0.348 e. The maximum atomic E-state index is 11.7. The average molecular weight is 315 g/mol. The first-order valence-corrected chi connectivity index (χ1v) is 6.02. The summed E-state index contributed by atoms with van der Waals surface area (Å²) in [6.07, 6.45) is 1.30. The molecule has 18 heavy (non-hydrogen) atoms. The van der Waals surface area contributed by atoms with Crippen molar-refractivity contribution in [1.29, 1.82) is 0 Å². The Hall–Kier alpha value is -1.56. The molecule has 0 spiro atoms. The first-order chi connectivity index (χ1) is 8.28. The summed E-state index contributed by atoms with van der Waals surface area (Å²) in [5.41, 5.74) is 0.676. The molecule has 1 fully saturated rings. The average Bonchev–Trinajstić information content (AvgIpc) is 2.51. The van der Waals surface area contributed by atoms with Gasteiger partial charge in [-0.2, -0.15) is 0 Å². The molecule has 1 aromatic heterocycles. The lowest BCUT2D eigenvalue weighted by Crippen LogP contribution is -2.41. The van der Waals surface area contributed by atoms with Gasteiger partial charge in [0.25, 0.3) is 5.79 Å². The van der Waals surface area contributed by atoms with E-state index in [1.165, 1.54) is 19.9 Å². The van der Waals surface area contributed by atoms with Crippen LogP contribution in [-0.4, -0.2) is 17.7 Å². The predicted molar refractivity (Wildman–Crippen MR) is 65.4 cm³/mol. The molecule has 0 radical (unpaired) electrons. The van der Waals surface area contributed by atoms with Crippen LogP contribution in [0.4, 0.5) is 0 Å². The van der Waals surface area contributed by atoms with E-state index in [2.05, 4.69) is 15.9 Å². The summed E-state index contributed by atoms with van der Waals surface area (Å²) in [6.45, 7) is 4.82. The third-order valence-electron chi connectivity index (χ3n) is 2.28. The molecule has 5 nitrogen and oxygen atoms in total. The number of aryl methyl sites for hydroxylation is 1. The minimum absolute atomic E-state index is 0.185. The molecular formula is C12H11BrO5. The van der Waals surface area contributed by atoms with Gasteiger partial charge in [-0.05, 0) is 28.9 Å². The molecule has 0 aromatic carbocycles. The third-order valence-corrected chi connectivity index (χ3v) is 3.07. The van der Waals surface area contributed by atoms with Crippen molar-refractivity contribution in [3.05, 3.63) is 27.6 Å². The highest BCUT2D eigenvalue weighted by atomic mass is 79.9. The van der Waals surface area contributed by atoms with Gasteiger partial charge in [0.1, 0.15) is 11.3 Å². The van der Waals surface area contributed by atoms with Crippen molar-refractivity contribution in [2.75, 3.05) is 0 Å². The van der Waals surface area contributed by atoms with Gasteiger partial charge in [-0.1, -0.05) is 0 Å². The van der Waals surface area contributed by atoms with Crippen molar-refractivity contribution < 1.29 is 23.5 Å². The van der Waals surface area contributed by atoms with E-state index >= 15 is 0 Å². The highest BCUT2D eigenvalue weighted by Gasteiger charge is 2.39. The van der Waals surface area contributed by atoms with E-state index in [0.29, 0.717) is 10.4 Å². The topological polar surface area (TPSA) is 65.7 Å². The van der Waals surface area contributed by atoms with Crippen molar-refractivity contribution >= 4 is 33.9 Å². The molecule has 6 heteroatoms. The summed E-state index contributed by atoms with van der Waals surface area (Å²) in [6, 6.07) is 1.69. The van der Waals surface area contributed by atoms with Crippen LogP contribution < -0.4 is 0 Å². The zero-order valence-electron chi connectivity index (χ0n) is 10.1. The summed E-state index contributed by atoms with van der Waals surface area (Å²) < 4.78 is 15.8. The number of cyclic esters (lactones) is 2. The maximum Gasteiger partial charge on any atom is 0.348 e. The maximum absolute atomic E-state index is 11.7. The Kier molecular flexibility index (Phi) is 3.06. The van der Waals surface area contributed by atoms with Crippen LogP contribution in [-0.2, 0) is 19.1 Å². The predicted octanol–water partition coefficient (Wildman–Crippen LogP) is 2.57. The van der Waals surface area contributed by atoms with Gasteiger partial charge >= 0.3 is 11.9 Å². The number of carbonyl (C=O) groups excluding carboxylic acids is 2. The number of hydrogen-bond acceptors (Lipinski definition) is 5. The highest BCUT2D eigenvalue weighted by molar-refractivity contribution is 9.10. The lowest BCUT2D eigenvalue weighted by Gasteiger charge is -2.29. The van der Waals surface area contributed by atoms with Crippen molar-refractivity contribution in [3.8, 4) is 0 Å². The van der Waals surface area contributed by atoms with E-state index in [1.54, 1.807) is 6.07 Å². The van der Waals surface area contributed by atoms with E-state index in [4.69, 9.17) is 13.9 Å². The lowest BCUT2D eigenvalue weighted by atomic mass is 10.2. The van der Waals surface area contributed by atoms with Gasteiger partial charge < -0.3 is 13.9 Å². The number of hydrogen-bond donors (Lipinski definition) is 0. The third kappa shape index (κ3) is 2.48. The fraction of sp³-hybridized carbons (Fsp3) is 0.333. The molecule has 1 aliphatic rings. The number of furan rings is 1. The minimum atomic E-state index is -1.23. The van der Waals surface area contributed by atoms with Gasteiger partial charge in [-0.3, -0.25) is 0 Å². The molecule has 0 amide bonds. The molecule has 96 valence electrons. The normalized spacial score (nSPS) is 18.3. The lowest BCUT2D eigenvalue weighted by molar-refractivity contribution is -0.222. The Balaban J connectivity index is 2.33. The molecule has 2 rings (SSSR count). The van der Waals surface area contributed by atoms with Crippen LogP contribution in [0.25, 0.3) is 6.08 Å². The van der Waals surface area contributed by atoms with Crippen LogP contribution in [0.3, 0.4) is 0 Å². The molecule has 0 N–H and O–H groups in total. The zero-order chi connectivity index (χ0) is 13.5. The Morgan fingerprint density at radius 2 is 1.78 bits per heavy atom. The minimum Gasteiger partial charge on any atom is -0.450 e. The van der Waals surface area contributed by atoms with Crippen LogP contribution in [0.1, 0.15) is 25.2 Å². The number of rotatable bonds is 1.